The molecule has 7 heteroatoms. The topological polar surface area (TPSA) is 85.4 Å². The van der Waals surface area contributed by atoms with E-state index in [9.17, 15) is 0 Å². The molecule has 0 bridgehead atoms. The SMILES string of the molecule is Cn1cnc(-c2noc(-c3n[nH]c4c3CCC4)n2)c1. The highest BCUT2D eigenvalue weighted by Gasteiger charge is 2.23. The minimum absolute atomic E-state index is 0.458. The molecule has 0 saturated carbocycles. The number of hydrogen-bond acceptors (Lipinski definition) is 5. The van der Waals surface area contributed by atoms with Gasteiger partial charge in [-0.05, 0) is 19.3 Å². The van der Waals surface area contributed by atoms with E-state index in [1.165, 1.54) is 11.3 Å². The first-order chi connectivity index (χ1) is 9.31. The maximum absolute atomic E-state index is 5.31. The van der Waals surface area contributed by atoms with Gasteiger partial charge in [-0.3, -0.25) is 5.10 Å². The molecular weight excluding hydrogens is 244 g/mol. The van der Waals surface area contributed by atoms with Crippen molar-refractivity contribution in [2.45, 2.75) is 19.3 Å². The van der Waals surface area contributed by atoms with E-state index in [0.717, 1.165) is 25.0 Å². The van der Waals surface area contributed by atoms with Crippen molar-refractivity contribution in [2.24, 2.45) is 7.05 Å². The molecule has 3 heterocycles. The number of aromatic nitrogens is 6. The lowest BCUT2D eigenvalue weighted by atomic mass is 10.2. The lowest BCUT2D eigenvalue weighted by Gasteiger charge is -1.90. The molecule has 4 rings (SSSR count). The molecule has 0 spiro atoms. The lowest BCUT2D eigenvalue weighted by molar-refractivity contribution is 0.430. The molecule has 96 valence electrons. The van der Waals surface area contributed by atoms with Crippen LogP contribution in [0.1, 0.15) is 17.7 Å². The molecule has 0 fully saturated rings. The van der Waals surface area contributed by atoms with Crippen LogP contribution in [0, 0.1) is 0 Å². The average molecular weight is 256 g/mol. The van der Waals surface area contributed by atoms with E-state index < -0.39 is 0 Å². The zero-order chi connectivity index (χ0) is 12.8. The molecule has 0 saturated heterocycles. The fourth-order valence-corrected chi connectivity index (χ4v) is 2.45. The Bertz CT molecular complexity index is 737. The van der Waals surface area contributed by atoms with E-state index in [1.807, 2.05) is 17.8 Å². The van der Waals surface area contributed by atoms with Gasteiger partial charge in [0.05, 0.1) is 6.33 Å². The monoisotopic (exact) mass is 256 g/mol. The van der Waals surface area contributed by atoms with Gasteiger partial charge in [0, 0.05) is 24.5 Å². The second-order valence-corrected chi connectivity index (χ2v) is 4.73. The van der Waals surface area contributed by atoms with Crippen molar-refractivity contribution in [1.82, 2.24) is 29.9 Å². The van der Waals surface area contributed by atoms with E-state index in [4.69, 9.17) is 4.52 Å². The summed E-state index contributed by atoms with van der Waals surface area (Å²) in [5.74, 6) is 0.949. The summed E-state index contributed by atoms with van der Waals surface area (Å²) < 4.78 is 7.15. The average Bonchev–Trinajstić information content (AvgIpc) is 3.11. The van der Waals surface area contributed by atoms with Gasteiger partial charge in [-0.15, -0.1) is 0 Å². The molecule has 0 aromatic carbocycles. The fraction of sp³-hybridized carbons (Fsp3) is 0.333. The largest absolute Gasteiger partial charge is 0.340 e. The van der Waals surface area contributed by atoms with Crippen molar-refractivity contribution in [3.63, 3.8) is 0 Å². The van der Waals surface area contributed by atoms with Crippen LogP contribution < -0.4 is 0 Å². The smallest absolute Gasteiger partial charge is 0.279 e. The molecule has 3 aromatic rings. The Morgan fingerprint density at radius 2 is 2.32 bits per heavy atom. The number of hydrogen-bond donors (Lipinski definition) is 1. The van der Waals surface area contributed by atoms with Gasteiger partial charge in [0.1, 0.15) is 5.69 Å². The summed E-state index contributed by atoms with van der Waals surface area (Å²) in [5.41, 5.74) is 3.87. The summed E-state index contributed by atoms with van der Waals surface area (Å²) in [5, 5.41) is 11.3. The summed E-state index contributed by atoms with van der Waals surface area (Å²) in [6.45, 7) is 0. The van der Waals surface area contributed by atoms with Crippen molar-refractivity contribution >= 4 is 0 Å². The number of aromatic amines is 1. The van der Waals surface area contributed by atoms with E-state index in [1.54, 1.807) is 6.33 Å². The van der Waals surface area contributed by atoms with Gasteiger partial charge >= 0.3 is 0 Å². The van der Waals surface area contributed by atoms with Crippen molar-refractivity contribution in [3.8, 4) is 23.1 Å². The van der Waals surface area contributed by atoms with E-state index in [0.29, 0.717) is 17.4 Å². The number of nitrogens with zero attached hydrogens (tertiary/aromatic N) is 5. The van der Waals surface area contributed by atoms with Crippen LogP contribution in [-0.2, 0) is 19.9 Å². The van der Waals surface area contributed by atoms with Crippen LogP contribution in [0.2, 0.25) is 0 Å². The molecule has 19 heavy (non-hydrogen) atoms. The van der Waals surface area contributed by atoms with Crippen LogP contribution in [0.25, 0.3) is 23.1 Å². The summed E-state index contributed by atoms with van der Waals surface area (Å²) in [7, 11) is 1.90. The molecule has 3 aromatic heterocycles. The predicted octanol–water partition coefficient (Wildman–Crippen LogP) is 1.35. The van der Waals surface area contributed by atoms with E-state index >= 15 is 0 Å². The number of H-pyrrole nitrogens is 1. The highest BCUT2D eigenvalue weighted by Crippen LogP contribution is 2.30. The van der Waals surface area contributed by atoms with Crippen LogP contribution in [0.5, 0.6) is 0 Å². The highest BCUT2D eigenvalue weighted by atomic mass is 16.5. The van der Waals surface area contributed by atoms with Gasteiger partial charge in [-0.1, -0.05) is 5.16 Å². The molecule has 0 atom stereocenters. The first kappa shape index (κ1) is 10.5. The van der Waals surface area contributed by atoms with Crippen LogP contribution in [-0.4, -0.2) is 29.9 Å². The molecule has 0 amide bonds. The zero-order valence-corrected chi connectivity index (χ0v) is 10.4. The van der Waals surface area contributed by atoms with Crippen molar-refractivity contribution in [2.75, 3.05) is 0 Å². The van der Waals surface area contributed by atoms with Gasteiger partial charge < -0.3 is 9.09 Å². The number of imidazole rings is 1. The Hall–Kier alpha value is -2.44. The third kappa shape index (κ3) is 1.58. The minimum Gasteiger partial charge on any atom is -0.340 e. The number of rotatable bonds is 2. The van der Waals surface area contributed by atoms with Crippen LogP contribution >= 0.6 is 0 Å². The summed E-state index contributed by atoms with van der Waals surface area (Å²) >= 11 is 0. The molecular formula is C12H12N6O. The Morgan fingerprint density at radius 1 is 1.37 bits per heavy atom. The zero-order valence-electron chi connectivity index (χ0n) is 10.4. The Morgan fingerprint density at radius 3 is 3.16 bits per heavy atom. The standard InChI is InChI=1S/C12H12N6O/c1-18-5-9(13-6-18)11-14-12(19-17-11)10-7-3-2-4-8(7)15-16-10/h5-6H,2-4H2,1H3,(H,15,16). The fourth-order valence-electron chi connectivity index (χ4n) is 2.45. The molecule has 7 nitrogen and oxygen atoms in total. The number of fused-ring (bicyclic) bond motifs is 1. The molecule has 0 radical (unpaired) electrons. The van der Waals surface area contributed by atoms with Crippen molar-refractivity contribution in [1.29, 1.82) is 0 Å². The summed E-state index contributed by atoms with van der Waals surface area (Å²) in [6, 6.07) is 0. The molecule has 1 aliphatic rings. The number of nitrogens with one attached hydrogen (secondary N) is 1. The maximum Gasteiger partial charge on any atom is 0.279 e. The van der Waals surface area contributed by atoms with Gasteiger partial charge in [-0.2, -0.15) is 10.1 Å². The normalized spacial score (nSPS) is 13.9. The second-order valence-electron chi connectivity index (χ2n) is 4.73. The second kappa shape index (κ2) is 3.78. The third-order valence-electron chi connectivity index (χ3n) is 3.37. The molecule has 0 unspecified atom stereocenters. The van der Waals surface area contributed by atoms with Crippen molar-refractivity contribution in [3.05, 3.63) is 23.8 Å². The van der Waals surface area contributed by atoms with Crippen molar-refractivity contribution < 1.29 is 4.52 Å². The number of aryl methyl sites for hydroxylation is 2. The summed E-state index contributed by atoms with van der Waals surface area (Å²) in [6.07, 6.45) is 6.77. The van der Waals surface area contributed by atoms with Crippen LogP contribution in [0.15, 0.2) is 17.0 Å². The molecule has 1 N–H and O–H groups in total. The van der Waals surface area contributed by atoms with Crippen LogP contribution in [0.3, 0.4) is 0 Å². The quantitative estimate of drug-likeness (QED) is 0.748. The minimum atomic E-state index is 0.458. The summed E-state index contributed by atoms with van der Waals surface area (Å²) in [4.78, 5) is 8.58. The van der Waals surface area contributed by atoms with Gasteiger partial charge in [0.2, 0.25) is 5.82 Å². The Labute approximate surface area is 108 Å². The third-order valence-corrected chi connectivity index (χ3v) is 3.37. The molecule has 0 aliphatic heterocycles. The highest BCUT2D eigenvalue weighted by molar-refractivity contribution is 5.58. The van der Waals surface area contributed by atoms with Gasteiger partial charge in [0.25, 0.3) is 5.89 Å². The maximum atomic E-state index is 5.31. The van der Waals surface area contributed by atoms with Gasteiger partial charge in [-0.25, -0.2) is 4.98 Å². The first-order valence-electron chi connectivity index (χ1n) is 6.20. The van der Waals surface area contributed by atoms with Crippen LogP contribution in [0.4, 0.5) is 0 Å². The Kier molecular flexibility index (Phi) is 2.08. The lowest BCUT2D eigenvalue weighted by Crippen LogP contribution is -1.85. The van der Waals surface area contributed by atoms with E-state index in [2.05, 4.69) is 25.3 Å². The van der Waals surface area contributed by atoms with Gasteiger partial charge in [0.15, 0.2) is 5.69 Å². The first-order valence-corrected chi connectivity index (χ1v) is 6.20. The molecule has 1 aliphatic carbocycles. The predicted molar refractivity (Wildman–Crippen MR) is 66.1 cm³/mol. The van der Waals surface area contributed by atoms with E-state index in [-0.39, 0.29) is 0 Å². The Balaban J connectivity index is 1.75.